The fraction of sp³-hybridized carbons (Fsp3) is 1.00. The van der Waals surface area contributed by atoms with Gasteiger partial charge in [-0.15, -0.1) is 24.8 Å². The van der Waals surface area contributed by atoms with Crippen LogP contribution >= 0.6 is 33.9 Å². The number of rotatable bonds is 9. The molecule has 16 heavy (non-hydrogen) atoms. The summed E-state index contributed by atoms with van der Waals surface area (Å²) in [5.74, 6) is 0. The second-order valence-corrected chi connectivity index (χ2v) is 3.83. The Morgan fingerprint density at radius 1 is 0.562 bits per heavy atom. The predicted molar refractivity (Wildman–Crippen MR) is 83.8 cm³/mol. The monoisotopic (exact) mass is 292 g/mol. The standard InChI is InChI=1S/C12H26.2ClH.H3OP/c1-3-5-7-9-11-12-10-8-6-4-2;;;1-2/h3-12H2,1-2H3;2*1H;2H3. The SMILES string of the molecule is CCCCCCCCCCCC.Cl.Cl.O=[PH3]. The highest BCUT2D eigenvalue weighted by Crippen LogP contribution is 2.09. The van der Waals surface area contributed by atoms with Gasteiger partial charge in [-0.25, -0.2) is 0 Å². The molecule has 104 valence electrons. The van der Waals surface area contributed by atoms with Gasteiger partial charge in [0.1, 0.15) is 0 Å². The summed E-state index contributed by atoms with van der Waals surface area (Å²) in [6, 6.07) is 0. The van der Waals surface area contributed by atoms with Gasteiger partial charge >= 0.3 is 0 Å². The van der Waals surface area contributed by atoms with E-state index in [4.69, 9.17) is 4.57 Å². The van der Waals surface area contributed by atoms with Crippen LogP contribution in [0.25, 0.3) is 0 Å². The molecule has 0 aromatic carbocycles. The lowest BCUT2D eigenvalue weighted by Crippen LogP contribution is -1.80. The van der Waals surface area contributed by atoms with Gasteiger partial charge in [0, 0.05) is 0 Å². The van der Waals surface area contributed by atoms with Crippen LogP contribution in [0.2, 0.25) is 0 Å². The number of unbranched alkanes of at least 4 members (excludes halogenated alkanes) is 9. The van der Waals surface area contributed by atoms with Crippen molar-refractivity contribution < 1.29 is 4.57 Å². The van der Waals surface area contributed by atoms with Gasteiger partial charge in [0.15, 0.2) is 0 Å². The van der Waals surface area contributed by atoms with E-state index in [0.29, 0.717) is 9.12 Å². The minimum Gasteiger partial charge on any atom is -0.333 e. The van der Waals surface area contributed by atoms with Crippen molar-refractivity contribution in [2.45, 2.75) is 78.1 Å². The maximum atomic E-state index is 8.28. The zero-order valence-electron chi connectivity index (χ0n) is 11.0. The summed E-state index contributed by atoms with van der Waals surface area (Å²) in [6.45, 7) is 4.56. The smallest absolute Gasteiger partial charge is 0.0527 e. The Morgan fingerprint density at radius 2 is 0.750 bits per heavy atom. The Morgan fingerprint density at radius 3 is 0.938 bits per heavy atom. The Balaban J connectivity index is -0.000000169. The van der Waals surface area contributed by atoms with Crippen LogP contribution in [0.5, 0.6) is 0 Å². The molecule has 0 aliphatic heterocycles. The van der Waals surface area contributed by atoms with E-state index in [0.717, 1.165) is 0 Å². The van der Waals surface area contributed by atoms with Crippen LogP contribution in [0.3, 0.4) is 0 Å². The Hall–Kier alpha value is 0.810. The van der Waals surface area contributed by atoms with E-state index >= 15 is 0 Å². The van der Waals surface area contributed by atoms with Crippen molar-refractivity contribution in [3.63, 3.8) is 0 Å². The highest BCUT2D eigenvalue weighted by atomic mass is 35.5. The van der Waals surface area contributed by atoms with Gasteiger partial charge < -0.3 is 4.57 Å². The molecule has 1 unspecified atom stereocenters. The van der Waals surface area contributed by atoms with Crippen molar-refractivity contribution in [2.24, 2.45) is 0 Å². The predicted octanol–water partition coefficient (Wildman–Crippen LogP) is 5.71. The highest BCUT2D eigenvalue weighted by molar-refractivity contribution is 7.00. The van der Waals surface area contributed by atoms with Gasteiger partial charge in [-0.05, 0) is 0 Å². The molecule has 0 radical (unpaired) electrons. The van der Waals surface area contributed by atoms with E-state index < -0.39 is 0 Å². The van der Waals surface area contributed by atoms with Crippen LogP contribution in [0.15, 0.2) is 0 Å². The van der Waals surface area contributed by atoms with Gasteiger partial charge in [0.05, 0.1) is 9.12 Å². The molecule has 0 amide bonds. The average molecular weight is 293 g/mol. The van der Waals surface area contributed by atoms with Gasteiger partial charge in [-0.2, -0.15) is 0 Å². The molecule has 0 rings (SSSR count). The topological polar surface area (TPSA) is 17.1 Å². The molecule has 0 saturated carbocycles. The van der Waals surface area contributed by atoms with Crippen LogP contribution in [0.1, 0.15) is 78.1 Å². The fourth-order valence-electron chi connectivity index (χ4n) is 1.56. The number of hydrogen-bond acceptors (Lipinski definition) is 1. The molecule has 0 bridgehead atoms. The summed E-state index contributed by atoms with van der Waals surface area (Å²) in [4.78, 5) is 0. The number of hydrogen-bond donors (Lipinski definition) is 0. The van der Waals surface area contributed by atoms with E-state index in [1.54, 1.807) is 0 Å². The van der Waals surface area contributed by atoms with Gasteiger partial charge in [0.2, 0.25) is 0 Å². The Kier molecular flexibility index (Phi) is 47.5. The summed E-state index contributed by atoms with van der Waals surface area (Å²) in [7, 11) is 0.611. The van der Waals surface area contributed by atoms with Crippen molar-refractivity contribution in [3.8, 4) is 0 Å². The lowest BCUT2D eigenvalue weighted by atomic mass is 10.1. The van der Waals surface area contributed by atoms with Crippen molar-refractivity contribution in [1.29, 1.82) is 0 Å². The van der Waals surface area contributed by atoms with E-state index in [-0.39, 0.29) is 24.8 Å². The first-order chi connectivity index (χ1) is 6.91. The molecular formula is C12H31Cl2OP. The molecule has 0 N–H and O–H groups in total. The first-order valence-electron chi connectivity index (χ1n) is 6.20. The van der Waals surface area contributed by atoms with E-state index in [1.165, 1.54) is 64.2 Å². The average Bonchev–Trinajstić information content (AvgIpc) is 2.25. The molecule has 0 saturated heterocycles. The minimum absolute atomic E-state index is 0. The van der Waals surface area contributed by atoms with E-state index in [2.05, 4.69) is 13.8 Å². The Bertz CT molecular complexity index is 85.1. The van der Waals surface area contributed by atoms with Crippen LogP contribution in [-0.2, 0) is 4.57 Å². The molecule has 1 nitrogen and oxygen atoms in total. The molecule has 0 aromatic rings. The quantitative estimate of drug-likeness (QED) is 0.393. The van der Waals surface area contributed by atoms with Crippen LogP contribution in [0, 0.1) is 0 Å². The third kappa shape index (κ3) is 29.3. The van der Waals surface area contributed by atoms with Gasteiger partial charge in [0.25, 0.3) is 0 Å². The molecule has 0 aliphatic rings. The second-order valence-electron chi connectivity index (χ2n) is 3.83. The van der Waals surface area contributed by atoms with Gasteiger partial charge in [-0.1, -0.05) is 78.1 Å². The van der Waals surface area contributed by atoms with Crippen molar-refractivity contribution in [2.75, 3.05) is 0 Å². The molecule has 0 aromatic heterocycles. The van der Waals surface area contributed by atoms with Crippen LogP contribution in [0.4, 0.5) is 0 Å². The van der Waals surface area contributed by atoms with Crippen molar-refractivity contribution in [3.05, 3.63) is 0 Å². The summed E-state index contributed by atoms with van der Waals surface area (Å²) in [5.41, 5.74) is 0. The highest BCUT2D eigenvalue weighted by Gasteiger charge is 1.90. The summed E-state index contributed by atoms with van der Waals surface area (Å²) < 4.78 is 8.28. The van der Waals surface area contributed by atoms with Crippen molar-refractivity contribution >= 4 is 33.9 Å². The largest absolute Gasteiger partial charge is 0.333 e. The minimum atomic E-state index is 0. The molecule has 0 spiro atoms. The summed E-state index contributed by atoms with van der Waals surface area (Å²) in [6.07, 6.45) is 14.4. The fourth-order valence-corrected chi connectivity index (χ4v) is 1.56. The summed E-state index contributed by atoms with van der Waals surface area (Å²) in [5, 5.41) is 0. The molecule has 4 heteroatoms. The molecule has 0 heterocycles. The van der Waals surface area contributed by atoms with Crippen molar-refractivity contribution in [1.82, 2.24) is 0 Å². The van der Waals surface area contributed by atoms with Crippen LogP contribution < -0.4 is 0 Å². The van der Waals surface area contributed by atoms with E-state index in [1.807, 2.05) is 0 Å². The lowest BCUT2D eigenvalue weighted by Gasteiger charge is -1.99. The van der Waals surface area contributed by atoms with E-state index in [9.17, 15) is 0 Å². The molecule has 1 atom stereocenters. The lowest BCUT2D eigenvalue weighted by molar-refractivity contribution is 0.562. The third-order valence-corrected chi connectivity index (χ3v) is 2.46. The zero-order valence-corrected chi connectivity index (χ0v) is 14.1. The Labute approximate surface area is 117 Å². The van der Waals surface area contributed by atoms with Gasteiger partial charge in [-0.3, -0.25) is 0 Å². The maximum absolute atomic E-state index is 8.28. The summed E-state index contributed by atoms with van der Waals surface area (Å²) >= 11 is 0. The number of halogens is 2. The zero-order chi connectivity index (χ0) is 11.1. The molecule has 0 aliphatic carbocycles. The van der Waals surface area contributed by atoms with Crippen LogP contribution in [-0.4, -0.2) is 0 Å². The second kappa shape index (κ2) is 29.7. The first kappa shape index (κ1) is 25.6. The normalized spacial score (nSPS) is 8.38. The third-order valence-electron chi connectivity index (χ3n) is 2.46. The maximum Gasteiger partial charge on any atom is 0.0527 e. The molecule has 0 fully saturated rings. The molecular weight excluding hydrogens is 262 g/mol. The first-order valence-corrected chi connectivity index (χ1v) is 6.78.